The summed E-state index contributed by atoms with van der Waals surface area (Å²) in [6, 6.07) is 8.66. The van der Waals surface area contributed by atoms with Crippen LogP contribution in [0.3, 0.4) is 0 Å². The van der Waals surface area contributed by atoms with Gasteiger partial charge in [0.2, 0.25) is 0 Å². The zero-order valence-corrected chi connectivity index (χ0v) is 15.8. The quantitative estimate of drug-likeness (QED) is 0.778. The number of carbonyl (C=O) groups excluding carboxylic acids is 1. The van der Waals surface area contributed by atoms with E-state index in [9.17, 15) is 4.79 Å². The monoisotopic (exact) mass is 353 g/mol. The Kier molecular flexibility index (Phi) is 8.57. The van der Waals surface area contributed by atoms with E-state index in [1.54, 1.807) is 0 Å². The van der Waals surface area contributed by atoms with Crippen molar-refractivity contribution < 1.29 is 21.9 Å². The van der Waals surface area contributed by atoms with Gasteiger partial charge in [0.05, 0.1) is 0 Å². The van der Waals surface area contributed by atoms with Crippen LogP contribution in [0, 0.1) is 0 Å². The molecular weight excluding hydrogens is 324 g/mol. The molecule has 24 heavy (non-hydrogen) atoms. The number of halogens is 1. The van der Waals surface area contributed by atoms with E-state index in [0.29, 0.717) is 6.04 Å². The van der Waals surface area contributed by atoms with E-state index in [4.69, 9.17) is 4.74 Å². The lowest BCUT2D eigenvalue weighted by Crippen LogP contribution is -3.00. The van der Waals surface area contributed by atoms with Crippen LogP contribution in [0.2, 0.25) is 0 Å². The zero-order valence-electron chi connectivity index (χ0n) is 15.0. The first-order valence-electron chi connectivity index (χ1n) is 8.68. The standard InChI is InChI=1S/C19H30N2O2.ClH/c1-19(2,3)21-18(22)14-23-17-11-9-15(10-12-17)13-20-16-7-5-4-6-8-16;/h9-12,16,20H,4-8,13-14H2,1-3H3,(H,21,22);1H/p-1. The molecule has 0 unspecified atom stereocenters. The Morgan fingerprint density at radius 2 is 1.75 bits per heavy atom. The lowest BCUT2D eigenvalue weighted by Gasteiger charge is -2.23. The van der Waals surface area contributed by atoms with Gasteiger partial charge in [-0.15, -0.1) is 0 Å². The van der Waals surface area contributed by atoms with Crippen molar-refractivity contribution in [1.82, 2.24) is 10.6 Å². The van der Waals surface area contributed by atoms with Crippen molar-refractivity contribution in [3.63, 3.8) is 0 Å². The second-order valence-corrected chi connectivity index (χ2v) is 7.45. The molecule has 0 spiro atoms. The summed E-state index contributed by atoms with van der Waals surface area (Å²) in [4.78, 5) is 11.7. The van der Waals surface area contributed by atoms with Crippen molar-refractivity contribution in [2.45, 2.75) is 71.0 Å². The van der Waals surface area contributed by atoms with E-state index < -0.39 is 0 Å². The van der Waals surface area contributed by atoms with Gasteiger partial charge in [-0.05, 0) is 51.3 Å². The molecular formula is C19H30ClN2O2-. The van der Waals surface area contributed by atoms with Gasteiger partial charge in [-0.25, -0.2) is 0 Å². The summed E-state index contributed by atoms with van der Waals surface area (Å²) in [6.07, 6.45) is 6.67. The normalized spacial score (nSPS) is 15.5. The number of benzene rings is 1. The summed E-state index contributed by atoms with van der Waals surface area (Å²) in [6.45, 7) is 6.82. The molecule has 0 aliphatic heterocycles. The van der Waals surface area contributed by atoms with Crippen LogP contribution >= 0.6 is 0 Å². The minimum Gasteiger partial charge on any atom is -1.00 e. The van der Waals surface area contributed by atoms with Crippen molar-refractivity contribution >= 4 is 5.91 Å². The number of hydrogen-bond donors (Lipinski definition) is 2. The van der Waals surface area contributed by atoms with Gasteiger partial charge in [-0.3, -0.25) is 4.79 Å². The first kappa shape index (κ1) is 20.8. The van der Waals surface area contributed by atoms with Crippen LogP contribution in [-0.4, -0.2) is 24.1 Å². The summed E-state index contributed by atoms with van der Waals surface area (Å²) in [7, 11) is 0. The molecule has 2 N–H and O–H groups in total. The Morgan fingerprint density at radius 1 is 1.12 bits per heavy atom. The Bertz CT molecular complexity index is 491. The van der Waals surface area contributed by atoms with Crippen molar-refractivity contribution in [2.24, 2.45) is 0 Å². The molecule has 1 saturated carbocycles. The Labute approximate surface area is 152 Å². The average Bonchev–Trinajstić information content (AvgIpc) is 2.51. The highest BCUT2D eigenvalue weighted by Crippen LogP contribution is 2.18. The molecule has 0 bridgehead atoms. The fraction of sp³-hybridized carbons (Fsp3) is 0.632. The number of nitrogens with one attached hydrogen (secondary N) is 2. The highest BCUT2D eigenvalue weighted by Gasteiger charge is 2.14. The predicted octanol–water partition coefficient (Wildman–Crippen LogP) is 0.406. The minimum atomic E-state index is -0.227. The fourth-order valence-electron chi connectivity index (χ4n) is 2.88. The lowest BCUT2D eigenvalue weighted by molar-refractivity contribution is -0.124. The maximum Gasteiger partial charge on any atom is 0.258 e. The highest BCUT2D eigenvalue weighted by molar-refractivity contribution is 5.78. The summed E-state index contributed by atoms with van der Waals surface area (Å²) < 4.78 is 5.53. The van der Waals surface area contributed by atoms with Gasteiger partial charge in [0.15, 0.2) is 6.61 Å². The van der Waals surface area contributed by atoms with E-state index in [-0.39, 0.29) is 30.5 Å². The Morgan fingerprint density at radius 3 is 2.33 bits per heavy atom. The molecule has 0 radical (unpaired) electrons. The van der Waals surface area contributed by atoms with Gasteiger partial charge in [-0.2, -0.15) is 0 Å². The number of rotatable bonds is 6. The molecule has 1 aliphatic rings. The third-order valence-electron chi connectivity index (χ3n) is 4.01. The molecule has 5 heteroatoms. The Balaban J connectivity index is 0.00000288. The maximum absolute atomic E-state index is 11.7. The lowest BCUT2D eigenvalue weighted by atomic mass is 9.95. The predicted molar refractivity (Wildman–Crippen MR) is 93.5 cm³/mol. The maximum atomic E-state index is 11.7. The summed E-state index contributed by atoms with van der Waals surface area (Å²) >= 11 is 0. The van der Waals surface area contributed by atoms with Gasteiger partial charge in [0.25, 0.3) is 5.91 Å². The second-order valence-electron chi connectivity index (χ2n) is 7.45. The molecule has 1 amide bonds. The van der Waals surface area contributed by atoms with Gasteiger partial charge >= 0.3 is 0 Å². The number of carbonyl (C=O) groups is 1. The Hall–Kier alpha value is -1.26. The molecule has 1 fully saturated rings. The molecule has 0 aromatic heterocycles. The summed E-state index contributed by atoms with van der Waals surface area (Å²) in [5.74, 6) is 0.635. The molecule has 4 nitrogen and oxygen atoms in total. The third-order valence-corrected chi connectivity index (χ3v) is 4.01. The van der Waals surface area contributed by atoms with Crippen molar-refractivity contribution in [3.8, 4) is 5.75 Å². The smallest absolute Gasteiger partial charge is 0.258 e. The number of ether oxygens (including phenoxy) is 1. The number of amides is 1. The highest BCUT2D eigenvalue weighted by atomic mass is 35.5. The van der Waals surface area contributed by atoms with Gasteiger partial charge < -0.3 is 27.8 Å². The van der Waals surface area contributed by atoms with E-state index in [1.165, 1.54) is 37.7 Å². The van der Waals surface area contributed by atoms with Crippen LogP contribution < -0.4 is 27.8 Å². The van der Waals surface area contributed by atoms with Crippen LogP contribution in [0.15, 0.2) is 24.3 Å². The van der Waals surface area contributed by atoms with Crippen LogP contribution in [0.4, 0.5) is 0 Å². The summed E-state index contributed by atoms with van der Waals surface area (Å²) in [5, 5.41) is 6.51. The van der Waals surface area contributed by atoms with Crippen molar-refractivity contribution in [2.75, 3.05) is 6.61 Å². The van der Waals surface area contributed by atoms with Crippen LogP contribution in [0.5, 0.6) is 5.75 Å². The molecule has 1 aromatic rings. The summed E-state index contributed by atoms with van der Waals surface area (Å²) in [5.41, 5.74) is 1.02. The third kappa shape index (κ3) is 8.02. The van der Waals surface area contributed by atoms with E-state index in [1.807, 2.05) is 32.9 Å². The van der Waals surface area contributed by atoms with Crippen LogP contribution in [-0.2, 0) is 11.3 Å². The first-order chi connectivity index (χ1) is 10.9. The van der Waals surface area contributed by atoms with E-state index in [2.05, 4.69) is 22.8 Å². The fourth-order valence-corrected chi connectivity index (χ4v) is 2.88. The molecule has 136 valence electrons. The second kappa shape index (κ2) is 9.90. The first-order valence-corrected chi connectivity index (χ1v) is 8.68. The molecule has 2 rings (SSSR count). The van der Waals surface area contributed by atoms with Crippen LogP contribution in [0.1, 0.15) is 58.4 Å². The SMILES string of the molecule is CC(C)(C)NC(=O)COc1ccc(CNC2CCCCC2)cc1.[Cl-]. The average molecular weight is 354 g/mol. The van der Waals surface area contributed by atoms with Crippen molar-refractivity contribution in [1.29, 1.82) is 0 Å². The molecule has 0 heterocycles. The van der Waals surface area contributed by atoms with Crippen LogP contribution in [0.25, 0.3) is 0 Å². The topological polar surface area (TPSA) is 50.4 Å². The largest absolute Gasteiger partial charge is 1.00 e. The van der Waals surface area contributed by atoms with Crippen molar-refractivity contribution in [3.05, 3.63) is 29.8 Å². The van der Waals surface area contributed by atoms with Gasteiger partial charge in [-0.1, -0.05) is 31.4 Å². The molecule has 0 atom stereocenters. The van der Waals surface area contributed by atoms with Gasteiger partial charge in [0, 0.05) is 18.1 Å². The molecule has 0 saturated heterocycles. The van der Waals surface area contributed by atoms with E-state index >= 15 is 0 Å². The zero-order chi connectivity index (χ0) is 16.7. The van der Waals surface area contributed by atoms with Gasteiger partial charge in [0.1, 0.15) is 5.75 Å². The molecule has 1 aromatic carbocycles. The molecule has 1 aliphatic carbocycles. The minimum absolute atomic E-state index is 0. The number of hydrogen-bond acceptors (Lipinski definition) is 3. The van der Waals surface area contributed by atoms with E-state index in [0.717, 1.165) is 12.3 Å².